The van der Waals surface area contributed by atoms with Crippen molar-refractivity contribution >= 4 is 5.91 Å². The highest BCUT2D eigenvalue weighted by Gasteiger charge is 2.51. The van der Waals surface area contributed by atoms with E-state index in [9.17, 15) is 4.79 Å². The van der Waals surface area contributed by atoms with Gasteiger partial charge >= 0.3 is 0 Å². The monoisotopic (exact) mass is 333 g/mol. The average molecular weight is 334 g/mol. The third-order valence-electron chi connectivity index (χ3n) is 7.55. The summed E-state index contributed by atoms with van der Waals surface area (Å²) >= 11 is 0. The van der Waals surface area contributed by atoms with Crippen LogP contribution >= 0.6 is 0 Å². The Kier molecular flexibility index (Phi) is 4.90. The molecule has 0 aromatic heterocycles. The van der Waals surface area contributed by atoms with Crippen LogP contribution in [0.15, 0.2) is 0 Å². The first-order valence-electron chi connectivity index (χ1n) is 10.8. The molecule has 1 atom stereocenters. The summed E-state index contributed by atoms with van der Waals surface area (Å²) in [6.45, 7) is 2.13. The zero-order valence-corrected chi connectivity index (χ0v) is 15.6. The zero-order valence-electron chi connectivity index (χ0n) is 15.6. The molecule has 5 aliphatic rings. The predicted octanol–water partition coefficient (Wildman–Crippen LogP) is 3.14. The molecule has 5 fully saturated rings. The molecule has 3 N–H and O–H groups in total. The van der Waals surface area contributed by atoms with E-state index < -0.39 is 0 Å². The van der Waals surface area contributed by atoms with Crippen molar-refractivity contribution in [3.05, 3.63) is 0 Å². The summed E-state index contributed by atoms with van der Waals surface area (Å²) in [6, 6.07) is 0.754. The molecule has 3 nitrogen and oxygen atoms in total. The summed E-state index contributed by atoms with van der Waals surface area (Å²) in [4.78, 5) is 12.9. The molecule has 1 amide bonds. The van der Waals surface area contributed by atoms with Crippen LogP contribution in [0.1, 0.15) is 90.4 Å². The zero-order chi connectivity index (χ0) is 16.6. The molecule has 0 aliphatic heterocycles. The van der Waals surface area contributed by atoms with Crippen molar-refractivity contribution in [1.29, 1.82) is 0 Å². The minimum atomic E-state index is 0.0856. The molecule has 0 aromatic rings. The van der Waals surface area contributed by atoms with Gasteiger partial charge in [0, 0.05) is 5.54 Å². The van der Waals surface area contributed by atoms with Gasteiger partial charge in [0.15, 0.2) is 6.04 Å². The molecule has 5 rings (SSSR count). The van der Waals surface area contributed by atoms with Crippen molar-refractivity contribution in [3.8, 4) is 0 Å². The summed E-state index contributed by atoms with van der Waals surface area (Å²) in [5.41, 5.74) is 0.175. The van der Waals surface area contributed by atoms with Gasteiger partial charge in [0.25, 0.3) is 5.91 Å². The van der Waals surface area contributed by atoms with E-state index in [1.165, 1.54) is 83.5 Å². The third kappa shape index (κ3) is 3.66. The molecule has 136 valence electrons. The SMILES string of the molecule is C[C@H]([NH2+]C1CCCCCCC1)C(=O)NC12CC3CC(CC(C3)C1)C2. The molecule has 0 aromatic carbocycles. The van der Waals surface area contributed by atoms with Crippen LogP contribution in [0.2, 0.25) is 0 Å². The Bertz CT molecular complexity index is 417. The summed E-state index contributed by atoms with van der Waals surface area (Å²) in [5, 5.41) is 5.96. The molecule has 4 bridgehead atoms. The Labute approximate surface area is 147 Å². The minimum absolute atomic E-state index is 0.0856. The lowest BCUT2D eigenvalue weighted by atomic mass is 9.53. The van der Waals surface area contributed by atoms with Crippen molar-refractivity contribution in [2.45, 2.75) is 108 Å². The second-order valence-corrected chi connectivity index (χ2v) is 9.77. The van der Waals surface area contributed by atoms with Crippen molar-refractivity contribution in [3.63, 3.8) is 0 Å². The lowest BCUT2D eigenvalue weighted by Gasteiger charge is -2.57. The number of nitrogens with two attached hydrogens (primary N) is 1. The minimum Gasteiger partial charge on any atom is -0.345 e. The molecule has 0 heterocycles. The molecular weight excluding hydrogens is 296 g/mol. The van der Waals surface area contributed by atoms with Gasteiger partial charge in [-0.2, -0.15) is 0 Å². The highest BCUT2D eigenvalue weighted by molar-refractivity contribution is 5.80. The first-order valence-corrected chi connectivity index (χ1v) is 10.8. The van der Waals surface area contributed by atoms with Gasteiger partial charge in [0.05, 0.1) is 6.04 Å². The maximum Gasteiger partial charge on any atom is 0.278 e. The van der Waals surface area contributed by atoms with E-state index >= 15 is 0 Å². The molecule has 0 spiro atoms. The van der Waals surface area contributed by atoms with Gasteiger partial charge in [-0.25, -0.2) is 0 Å². The number of hydrogen-bond acceptors (Lipinski definition) is 1. The molecule has 0 saturated heterocycles. The van der Waals surface area contributed by atoms with Gasteiger partial charge in [-0.05, 0) is 88.9 Å². The second kappa shape index (κ2) is 6.97. The number of carbonyl (C=O) groups excluding carboxylic acids is 1. The number of nitrogens with one attached hydrogen (secondary N) is 1. The van der Waals surface area contributed by atoms with Gasteiger partial charge in [-0.3, -0.25) is 4.79 Å². The maximum atomic E-state index is 12.9. The van der Waals surface area contributed by atoms with Crippen LogP contribution in [-0.4, -0.2) is 23.5 Å². The standard InChI is InChI=1S/C21H36N2O/c1-15(22-19-7-5-3-2-4-6-8-19)20(24)23-21-12-16-9-17(13-21)11-18(10-16)14-21/h15-19,22H,2-14H2,1H3,(H,23,24)/p+1/t15-,16?,17?,18?,21?/m0/s1. The topological polar surface area (TPSA) is 45.7 Å². The maximum absolute atomic E-state index is 12.9. The van der Waals surface area contributed by atoms with E-state index in [0.29, 0.717) is 11.9 Å². The number of hydrogen-bond donors (Lipinski definition) is 2. The fourth-order valence-corrected chi connectivity index (χ4v) is 6.81. The molecule has 3 heteroatoms. The molecule has 5 saturated carbocycles. The first-order chi connectivity index (χ1) is 11.6. The Balaban J connectivity index is 1.32. The predicted molar refractivity (Wildman–Crippen MR) is 96.5 cm³/mol. The molecular formula is C21H37N2O+. The summed E-state index contributed by atoms with van der Waals surface area (Å²) < 4.78 is 0. The number of amides is 1. The number of rotatable bonds is 4. The van der Waals surface area contributed by atoms with E-state index in [4.69, 9.17) is 0 Å². The smallest absolute Gasteiger partial charge is 0.278 e. The van der Waals surface area contributed by atoms with Crippen LogP contribution in [0.4, 0.5) is 0 Å². The highest BCUT2D eigenvalue weighted by atomic mass is 16.2. The average Bonchev–Trinajstić information content (AvgIpc) is 2.47. The molecule has 24 heavy (non-hydrogen) atoms. The van der Waals surface area contributed by atoms with E-state index in [2.05, 4.69) is 17.6 Å². The van der Waals surface area contributed by atoms with Crippen LogP contribution < -0.4 is 10.6 Å². The Morgan fingerprint density at radius 3 is 1.96 bits per heavy atom. The molecule has 5 aliphatic carbocycles. The lowest BCUT2D eigenvalue weighted by Crippen LogP contribution is -2.96. The van der Waals surface area contributed by atoms with Gasteiger partial charge in [0.1, 0.15) is 0 Å². The van der Waals surface area contributed by atoms with E-state index in [-0.39, 0.29) is 11.6 Å². The highest BCUT2D eigenvalue weighted by Crippen LogP contribution is 2.55. The first kappa shape index (κ1) is 16.9. The van der Waals surface area contributed by atoms with Crippen LogP contribution in [0, 0.1) is 17.8 Å². The van der Waals surface area contributed by atoms with Crippen molar-refractivity contribution < 1.29 is 10.1 Å². The van der Waals surface area contributed by atoms with Crippen LogP contribution in [-0.2, 0) is 4.79 Å². The third-order valence-corrected chi connectivity index (χ3v) is 7.55. The summed E-state index contributed by atoms with van der Waals surface area (Å²) in [6.07, 6.45) is 17.6. The lowest BCUT2D eigenvalue weighted by molar-refractivity contribution is -0.708. The normalized spacial score (nSPS) is 40.8. The molecule has 0 radical (unpaired) electrons. The number of carbonyl (C=O) groups is 1. The van der Waals surface area contributed by atoms with E-state index in [1.807, 2.05) is 0 Å². The van der Waals surface area contributed by atoms with Crippen molar-refractivity contribution in [2.24, 2.45) is 17.8 Å². The van der Waals surface area contributed by atoms with Crippen LogP contribution in [0.5, 0.6) is 0 Å². The summed E-state index contributed by atoms with van der Waals surface area (Å²) in [7, 11) is 0. The Morgan fingerprint density at radius 2 is 1.42 bits per heavy atom. The van der Waals surface area contributed by atoms with Crippen LogP contribution in [0.3, 0.4) is 0 Å². The van der Waals surface area contributed by atoms with E-state index in [1.54, 1.807) is 0 Å². The number of quaternary nitrogens is 1. The second-order valence-electron chi connectivity index (χ2n) is 9.77. The Hall–Kier alpha value is -0.570. The summed E-state index contributed by atoms with van der Waals surface area (Å²) in [5.74, 6) is 3.03. The molecule has 0 unspecified atom stereocenters. The largest absolute Gasteiger partial charge is 0.345 e. The fourth-order valence-electron chi connectivity index (χ4n) is 6.81. The van der Waals surface area contributed by atoms with Gasteiger partial charge in [0.2, 0.25) is 0 Å². The van der Waals surface area contributed by atoms with Crippen molar-refractivity contribution in [2.75, 3.05) is 0 Å². The quantitative estimate of drug-likeness (QED) is 0.816. The van der Waals surface area contributed by atoms with E-state index in [0.717, 1.165) is 17.8 Å². The van der Waals surface area contributed by atoms with Gasteiger partial charge < -0.3 is 10.6 Å². The van der Waals surface area contributed by atoms with Crippen molar-refractivity contribution in [1.82, 2.24) is 5.32 Å². The Morgan fingerprint density at radius 1 is 0.917 bits per heavy atom. The van der Waals surface area contributed by atoms with Gasteiger partial charge in [-0.1, -0.05) is 19.3 Å². The van der Waals surface area contributed by atoms with Crippen LogP contribution in [0.25, 0.3) is 0 Å². The van der Waals surface area contributed by atoms with Gasteiger partial charge in [-0.15, -0.1) is 0 Å². The fraction of sp³-hybridized carbons (Fsp3) is 0.952.